The molecule has 25 heavy (non-hydrogen) atoms. The number of hydrogen-bond acceptors (Lipinski definition) is 5. The van der Waals surface area contributed by atoms with Gasteiger partial charge in [-0.05, 0) is 32.1 Å². The predicted molar refractivity (Wildman–Crippen MR) is 97.1 cm³/mol. The maximum Gasteiger partial charge on any atom is 0.303 e. The lowest BCUT2D eigenvalue weighted by molar-refractivity contribution is -0.137. The first-order valence-electron chi connectivity index (χ1n) is 8.44. The summed E-state index contributed by atoms with van der Waals surface area (Å²) in [6, 6.07) is 0. The van der Waals surface area contributed by atoms with Crippen molar-refractivity contribution in [2.45, 2.75) is 57.8 Å². The van der Waals surface area contributed by atoms with Crippen molar-refractivity contribution in [1.82, 2.24) is 0 Å². The van der Waals surface area contributed by atoms with Gasteiger partial charge in [0.2, 0.25) is 0 Å². The number of aliphatic carboxylic acids is 1. The van der Waals surface area contributed by atoms with Gasteiger partial charge >= 0.3 is 5.97 Å². The van der Waals surface area contributed by atoms with Gasteiger partial charge in [0, 0.05) is 13.5 Å². The van der Waals surface area contributed by atoms with Crippen LogP contribution in [0.4, 0.5) is 0 Å². The van der Waals surface area contributed by atoms with Gasteiger partial charge in [0.05, 0.1) is 18.3 Å². The number of aliphatic hydroxyl groups excluding tert-OH is 2. The highest BCUT2D eigenvalue weighted by Gasteiger charge is 2.14. The van der Waals surface area contributed by atoms with Gasteiger partial charge in [0.25, 0.3) is 0 Å². The fourth-order valence-corrected chi connectivity index (χ4v) is 2.40. The number of hydrogen-bond donors (Lipinski definition) is 3. The Morgan fingerprint density at radius 3 is 2.44 bits per heavy atom. The van der Waals surface area contributed by atoms with Crippen molar-refractivity contribution >= 4 is 5.97 Å². The van der Waals surface area contributed by atoms with Gasteiger partial charge in [0.15, 0.2) is 0 Å². The summed E-state index contributed by atoms with van der Waals surface area (Å²) in [5, 5.41) is 28.3. The molecule has 0 amide bonds. The predicted octanol–water partition coefficient (Wildman–Crippen LogP) is 2.67. The topological polar surface area (TPSA) is 96.2 Å². The molecule has 0 unspecified atom stereocenters. The van der Waals surface area contributed by atoms with Gasteiger partial charge in [-0.1, -0.05) is 43.4 Å². The van der Waals surface area contributed by atoms with E-state index in [1.807, 2.05) is 6.92 Å². The lowest BCUT2D eigenvalue weighted by atomic mass is 9.95. The van der Waals surface area contributed by atoms with Crippen LogP contribution in [0.2, 0.25) is 0 Å². The zero-order valence-corrected chi connectivity index (χ0v) is 15.4. The van der Waals surface area contributed by atoms with Gasteiger partial charge in [-0.25, -0.2) is 0 Å². The van der Waals surface area contributed by atoms with Gasteiger partial charge < -0.3 is 24.8 Å². The van der Waals surface area contributed by atoms with Crippen molar-refractivity contribution < 1.29 is 29.6 Å². The molecular formula is C19H32O6. The van der Waals surface area contributed by atoms with Gasteiger partial charge in [-0.15, -0.1) is 0 Å². The van der Waals surface area contributed by atoms with Gasteiger partial charge in [0.1, 0.15) is 6.79 Å². The van der Waals surface area contributed by atoms with E-state index < -0.39 is 18.2 Å². The van der Waals surface area contributed by atoms with Crippen molar-refractivity contribution in [2.24, 2.45) is 5.92 Å². The molecule has 3 N–H and O–H groups in total. The van der Waals surface area contributed by atoms with E-state index in [9.17, 15) is 15.0 Å². The van der Waals surface area contributed by atoms with E-state index in [4.69, 9.17) is 14.6 Å². The van der Waals surface area contributed by atoms with E-state index >= 15 is 0 Å². The Labute approximate surface area is 150 Å². The molecule has 0 aromatic heterocycles. The van der Waals surface area contributed by atoms with Crippen molar-refractivity contribution in [3.05, 3.63) is 36.5 Å². The quantitative estimate of drug-likeness (QED) is 0.327. The minimum atomic E-state index is -0.903. The minimum absolute atomic E-state index is 0.00913. The van der Waals surface area contributed by atoms with E-state index in [0.717, 1.165) is 5.57 Å². The summed E-state index contributed by atoms with van der Waals surface area (Å²) in [5.74, 6) is -0.809. The van der Waals surface area contributed by atoms with Crippen molar-refractivity contribution in [3.63, 3.8) is 0 Å². The Balaban J connectivity index is 4.54. The highest BCUT2D eigenvalue weighted by molar-refractivity contribution is 5.66. The zero-order chi connectivity index (χ0) is 19.2. The van der Waals surface area contributed by atoms with Crippen LogP contribution >= 0.6 is 0 Å². The van der Waals surface area contributed by atoms with E-state index in [2.05, 4.69) is 6.58 Å². The number of rotatable bonds is 14. The molecule has 0 bridgehead atoms. The highest BCUT2D eigenvalue weighted by Crippen LogP contribution is 2.19. The monoisotopic (exact) mass is 356 g/mol. The lowest BCUT2D eigenvalue weighted by Gasteiger charge is -2.18. The number of carboxylic acids is 1. The Morgan fingerprint density at radius 1 is 1.20 bits per heavy atom. The summed E-state index contributed by atoms with van der Waals surface area (Å²) >= 11 is 0. The second kappa shape index (κ2) is 13.8. The lowest BCUT2D eigenvalue weighted by Crippen LogP contribution is -2.23. The largest absolute Gasteiger partial charge is 0.481 e. The molecule has 0 spiro atoms. The number of carbonyl (C=O) groups is 1. The Kier molecular flexibility index (Phi) is 13.0. The number of methoxy groups -OCH3 is 1. The minimum Gasteiger partial charge on any atom is -0.481 e. The maximum absolute atomic E-state index is 10.7. The molecule has 0 aromatic rings. The van der Waals surface area contributed by atoms with E-state index in [-0.39, 0.29) is 25.2 Å². The van der Waals surface area contributed by atoms with E-state index in [1.165, 1.54) is 13.2 Å². The van der Waals surface area contributed by atoms with E-state index in [0.29, 0.717) is 19.3 Å². The Morgan fingerprint density at radius 2 is 1.88 bits per heavy atom. The number of ether oxygens (including phenoxy) is 2. The normalized spacial score (nSPS) is 16.8. The molecule has 144 valence electrons. The molecule has 0 saturated carbocycles. The first-order valence-corrected chi connectivity index (χ1v) is 8.44. The molecule has 0 aliphatic rings. The molecule has 6 heteroatoms. The SMILES string of the molecule is C=C(C[C@H](C)CC(=O)O)C[C@@H](/C=C/C[C@H](O)[C@@H](O)/C=C/C)OCOC. The number of aliphatic hydroxyl groups is 2. The highest BCUT2D eigenvalue weighted by atomic mass is 16.7. The maximum atomic E-state index is 10.7. The second-order valence-corrected chi connectivity index (χ2v) is 6.22. The third-order valence-electron chi connectivity index (χ3n) is 3.56. The molecule has 0 rings (SSSR count). The first-order chi connectivity index (χ1) is 11.8. The van der Waals surface area contributed by atoms with Crippen molar-refractivity contribution in [3.8, 4) is 0 Å². The summed E-state index contributed by atoms with van der Waals surface area (Å²) in [7, 11) is 1.53. The zero-order valence-electron chi connectivity index (χ0n) is 15.4. The third-order valence-corrected chi connectivity index (χ3v) is 3.56. The van der Waals surface area contributed by atoms with Gasteiger partial charge in [-0.3, -0.25) is 4.79 Å². The average molecular weight is 356 g/mol. The van der Waals surface area contributed by atoms with Crippen LogP contribution in [0.1, 0.15) is 39.5 Å². The summed E-state index contributed by atoms with van der Waals surface area (Å²) in [6.07, 6.45) is 6.25. The van der Waals surface area contributed by atoms with E-state index in [1.54, 1.807) is 25.2 Å². The summed E-state index contributed by atoms with van der Waals surface area (Å²) < 4.78 is 10.5. The standard InChI is InChI=1S/C19H32O6/c1-5-7-17(20)18(21)9-6-8-16(25-13-24-4)11-14(2)10-15(3)12-19(22)23/h5-8,15-18,20-21H,2,9-13H2,1,3-4H3,(H,22,23)/b7-5+,8-6+/t15-,16+,17-,18-/m0/s1. The molecular weight excluding hydrogens is 324 g/mol. The summed E-state index contributed by atoms with van der Waals surface area (Å²) in [6.45, 7) is 7.77. The van der Waals surface area contributed by atoms with Crippen LogP contribution in [0, 0.1) is 5.92 Å². The average Bonchev–Trinajstić information content (AvgIpc) is 2.51. The van der Waals surface area contributed by atoms with Crippen LogP contribution in [0.3, 0.4) is 0 Å². The molecule has 0 radical (unpaired) electrons. The van der Waals surface area contributed by atoms with Crippen LogP contribution < -0.4 is 0 Å². The molecule has 0 aromatic carbocycles. The molecule has 0 aliphatic carbocycles. The smallest absolute Gasteiger partial charge is 0.303 e. The summed E-state index contributed by atoms with van der Waals surface area (Å²) in [4.78, 5) is 10.7. The second-order valence-electron chi connectivity index (χ2n) is 6.22. The van der Waals surface area contributed by atoms with Crippen LogP contribution in [0.5, 0.6) is 0 Å². The van der Waals surface area contributed by atoms with Crippen LogP contribution in [0.25, 0.3) is 0 Å². The summed E-state index contributed by atoms with van der Waals surface area (Å²) in [5.41, 5.74) is 0.897. The molecule has 4 atom stereocenters. The van der Waals surface area contributed by atoms with Crippen LogP contribution in [0.15, 0.2) is 36.5 Å². The number of allylic oxidation sites excluding steroid dienone is 1. The van der Waals surface area contributed by atoms with Crippen molar-refractivity contribution in [2.75, 3.05) is 13.9 Å². The fraction of sp³-hybridized carbons (Fsp3) is 0.632. The number of carboxylic acid groups (broad SMARTS) is 1. The van der Waals surface area contributed by atoms with Crippen LogP contribution in [-0.4, -0.2) is 53.5 Å². The molecule has 0 saturated heterocycles. The first kappa shape index (κ1) is 23.5. The molecule has 0 heterocycles. The third kappa shape index (κ3) is 12.5. The van der Waals surface area contributed by atoms with Crippen molar-refractivity contribution in [1.29, 1.82) is 0 Å². The van der Waals surface area contributed by atoms with Crippen LogP contribution in [-0.2, 0) is 14.3 Å². The molecule has 0 aliphatic heterocycles. The molecule has 6 nitrogen and oxygen atoms in total. The molecule has 0 fully saturated rings. The Hall–Kier alpha value is -1.47. The Bertz CT molecular complexity index is 443. The van der Waals surface area contributed by atoms with Gasteiger partial charge in [-0.2, -0.15) is 0 Å². The fourth-order valence-electron chi connectivity index (χ4n) is 2.40.